The van der Waals surface area contributed by atoms with Crippen LogP contribution in [-0.2, 0) is 13.1 Å². The zero-order valence-corrected chi connectivity index (χ0v) is 8.70. The molecule has 0 aliphatic carbocycles. The Labute approximate surface area is 97.9 Å². The van der Waals surface area contributed by atoms with Crippen LogP contribution in [0, 0.1) is 0 Å². The monoisotopic (exact) mass is 248 g/mol. The van der Waals surface area contributed by atoms with E-state index in [2.05, 4.69) is 40.3 Å². The standard InChI is InChI=1S/C6H4N10O2/c7-15-9-1-3-11-5(13-17-3)6-12-4(18-14-6)2-10-16-8/h1-2H2. The Morgan fingerprint density at radius 3 is 1.72 bits per heavy atom. The second-order valence-electron chi connectivity index (χ2n) is 2.80. The topological polar surface area (TPSA) is 175 Å². The van der Waals surface area contributed by atoms with Crippen LogP contribution in [0.4, 0.5) is 0 Å². The van der Waals surface area contributed by atoms with E-state index in [0.717, 1.165) is 0 Å². The van der Waals surface area contributed by atoms with E-state index in [4.69, 9.17) is 20.1 Å². The van der Waals surface area contributed by atoms with Crippen molar-refractivity contribution < 1.29 is 9.05 Å². The van der Waals surface area contributed by atoms with E-state index in [9.17, 15) is 0 Å². The highest BCUT2D eigenvalue weighted by atomic mass is 16.5. The molecular weight excluding hydrogens is 244 g/mol. The van der Waals surface area contributed by atoms with Crippen LogP contribution in [-0.4, -0.2) is 20.3 Å². The zero-order chi connectivity index (χ0) is 12.8. The molecule has 0 atom stereocenters. The Morgan fingerprint density at radius 2 is 1.33 bits per heavy atom. The molecule has 0 amide bonds. The molecule has 12 nitrogen and oxygen atoms in total. The summed E-state index contributed by atoms with van der Waals surface area (Å²) in [6.45, 7) is -0.125. The van der Waals surface area contributed by atoms with Crippen LogP contribution in [0.2, 0.25) is 0 Å². The van der Waals surface area contributed by atoms with Gasteiger partial charge in [-0.3, -0.25) is 0 Å². The Hall–Kier alpha value is -3.10. The molecule has 2 aromatic rings. The van der Waals surface area contributed by atoms with Crippen LogP contribution in [0.25, 0.3) is 32.5 Å². The molecule has 90 valence electrons. The fraction of sp³-hybridized carbons (Fsp3) is 0.333. The van der Waals surface area contributed by atoms with Gasteiger partial charge in [-0.15, -0.1) is 0 Å². The van der Waals surface area contributed by atoms with Crippen molar-refractivity contribution in [1.29, 1.82) is 0 Å². The van der Waals surface area contributed by atoms with Gasteiger partial charge in [0.15, 0.2) is 0 Å². The van der Waals surface area contributed by atoms with Crippen molar-refractivity contribution in [2.45, 2.75) is 13.1 Å². The summed E-state index contributed by atoms with van der Waals surface area (Å²) in [5, 5.41) is 13.7. The predicted molar refractivity (Wildman–Crippen MR) is 53.3 cm³/mol. The molecular formula is C6H4N10O2. The average Bonchev–Trinajstić information content (AvgIpc) is 3.02. The fourth-order valence-corrected chi connectivity index (χ4v) is 1.00. The number of rotatable bonds is 5. The number of hydrogen-bond donors (Lipinski definition) is 0. The molecule has 2 rings (SSSR count). The van der Waals surface area contributed by atoms with Crippen LogP contribution in [0.5, 0.6) is 0 Å². The van der Waals surface area contributed by atoms with Gasteiger partial charge in [-0.05, 0) is 11.1 Å². The van der Waals surface area contributed by atoms with Gasteiger partial charge in [0, 0.05) is 9.82 Å². The summed E-state index contributed by atoms with van der Waals surface area (Å²) in [6.07, 6.45) is 0. The molecule has 0 aliphatic rings. The van der Waals surface area contributed by atoms with Gasteiger partial charge in [-0.1, -0.05) is 20.5 Å². The lowest BCUT2D eigenvalue weighted by molar-refractivity contribution is 0.375. The third-order valence-corrected chi connectivity index (χ3v) is 1.67. The van der Waals surface area contributed by atoms with Gasteiger partial charge in [0.2, 0.25) is 23.4 Å². The molecule has 12 heteroatoms. The first kappa shape index (κ1) is 11.4. The summed E-state index contributed by atoms with van der Waals surface area (Å²) >= 11 is 0. The maximum Gasteiger partial charge on any atom is 0.243 e. The summed E-state index contributed by atoms with van der Waals surface area (Å²) in [6, 6.07) is 0. The van der Waals surface area contributed by atoms with E-state index in [-0.39, 0.29) is 36.5 Å². The predicted octanol–water partition coefficient (Wildman–Crippen LogP) is 1.74. The molecule has 18 heavy (non-hydrogen) atoms. The molecule has 2 aromatic heterocycles. The lowest BCUT2D eigenvalue weighted by atomic mass is 10.5. The van der Waals surface area contributed by atoms with Crippen LogP contribution in [0.1, 0.15) is 11.8 Å². The van der Waals surface area contributed by atoms with Gasteiger partial charge in [0.1, 0.15) is 13.1 Å². The molecule has 0 saturated carbocycles. The molecule has 0 spiro atoms. The third-order valence-electron chi connectivity index (χ3n) is 1.67. The molecule has 0 N–H and O–H groups in total. The summed E-state index contributed by atoms with van der Waals surface area (Å²) in [7, 11) is 0. The Bertz CT molecular complexity index is 574. The van der Waals surface area contributed by atoms with Crippen LogP contribution < -0.4 is 0 Å². The second kappa shape index (κ2) is 5.30. The highest BCUT2D eigenvalue weighted by Crippen LogP contribution is 2.12. The van der Waals surface area contributed by atoms with E-state index in [1.54, 1.807) is 0 Å². The van der Waals surface area contributed by atoms with Crippen molar-refractivity contribution in [3.63, 3.8) is 0 Å². The van der Waals surface area contributed by atoms with Crippen LogP contribution >= 0.6 is 0 Å². The van der Waals surface area contributed by atoms with Gasteiger partial charge >= 0.3 is 0 Å². The van der Waals surface area contributed by atoms with E-state index >= 15 is 0 Å². The number of azide groups is 2. The summed E-state index contributed by atoms with van der Waals surface area (Å²) < 4.78 is 9.56. The van der Waals surface area contributed by atoms with Crippen molar-refractivity contribution in [2.24, 2.45) is 10.2 Å². The maximum atomic E-state index is 8.13. The Kier molecular flexibility index (Phi) is 3.35. The number of nitrogens with zero attached hydrogens (tertiary/aromatic N) is 10. The van der Waals surface area contributed by atoms with Crippen molar-refractivity contribution in [2.75, 3.05) is 0 Å². The van der Waals surface area contributed by atoms with Crippen molar-refractivity contribution in [3.8, 4) is 11.6 Å². The first-order chi connectivity index (χ1) is 8.83. The van der Waals surface area contributed by atoms with E-state index < -0.39 is 0 Å². The third kappa shape index (κ3) is 2.52. The molecule has 2 heterocycles. The number of aromatic nitrogens is 4. The lowest BCUT2D eigenvalue weighted by Gasteiger charge is -1.79. The zero-order valence-electron chi connectivity index (χ0n) is 8.70. The van der Waals surface area contributed by atoms with Gasteiger partial charge in [-0.2, -0.15) is 9.97 Å². The summed E-state index contributed by atoms with van der Waals surface area (Å²) in [5.41, 5.74) is 16.3. The second-order valence-corrected chi connectivity index (χ2v) is 2.80. The normalized spacial score (nSPS) is 9.56. The van der Waals surface area contributed by atoms with Gasteiger partial charge < -0.3 is 9.05 Å². The largest absolute Gasteiger partial charge is 0.339 e. The van der Waals surface area contributed by atoms with Gasteiger partial charge in [-0.25, -0.2) is 0 Å². The lowest BCUT2D eigenvalue weighted by Crippen LogP contribution is -1.85. The molecule has 0 unspecified atom stereocenters. The average molecular weight is 248 g/mol. The Morgan fingerprint density at radius 1 is 0.889 bits per heavy atom. The van der Waals surface area contributed by atoms with Crippen LogP contribution in [0.3, 0.4) is 0 Å². The van der Waals surface area contributed by atoms with E-state index in [1.165, 1.54) is 0 Å². The SMILES string of the molecule is [N-]=[N+]=NCc1nc(-c2noc(CN=[N+]=[N-])n2)no1. The summed E-state index contributed by atoms with van der Waals surface area (Å²) in [5.74, 6) is 0.441. The minimum Gasteiger partial charge on any atom is -0.339 e. The first-order valence-electron chi connectivity index (χ1n) is 4.50. The maximum absolute atomic E-state index is 8.13. The summed E-state index contributed by atoms with van der Waals surface area (Å²) in [4.78, 5) is 12.9. The highest BCUT2D eigenvalue weighted by Gasteiger charge is 2.14. The van der Waals surface area contributed by atoms with Crippen molar-refractivity contribution in [3.05, 3.63) is 32.7 Å². The Balaban J connectivity index is 2.15. The smallest absolute Gasteiger partial charge is 0.243 e. The van der Waals surface area contributed by atoms with Crippen LogP contribution in [0.15, 0.2) is 19.3 Å². The highest BCUT2D eigenvalue weighted by molar-refractivity contribution is 5.39. The van der Waals surface area contributed by atoms with Gasteiger partial charge in [0.25, 0.3) is 0 Å². The fourth-order valence-electron chi connectivity index (χ4n) is 1.00. The van der Waals surface area contributed by atoms with Crippen molar-refractivity contribution >= 4 is 0 Å². The van der Waals surface area contributed by atoms with Crippen molar-refractivity contribution in [1.82, 2.24) is 20.3 Å². The van der Waals surface area contributed by atoms with Gasteiger partial charge in [0.05, 0.1) is 0 Å². The number of hydrogen-bond acceptors (Lipinski definition) is 8. The molecule has 0 aliphatic heterocycles. The molecule has 0 saturated heterocycles. The van der Waals surface area contributed by atoms with E-state index in [0.29, 0.717) is 0 Å². The molecule has 0 aromatic carbocycles. The minimum absolute atomic E-state index is 0.0626. The minimum atomic E-state index is -0.0626. The quantitative estimate of drug-likeness (QED) is 0.441. The first-order valence-corrected chi connectivity index (χ1v) is 4.50. The molecule has 0 bridgehead atoms. The van der Waals surface area contributed by atoms with E-state index in [1.807, 2.05) is 0 Å². The molecule has 0 fully saturated rings. The molecule has 0 radical (unpaired) electrons.